The van der Waals surface area contributed by atoms with E-state index in [1.54, 1.807) is 0 Å². The van der Waals surface area contributed by atoms with Gasteiger partial charge in [-0.1, -0.05) is 26.0 Å². The zero-order valence-corrected chi connectivity index (χ0v) is 14.0. The number of primary amides is 1. The number of hydrogen-bond acceptors (Lipinski definition) is 3. The van der Waals surface area contributed by atoms with E-state index in [9.17, 15) is 9.59 Å². The van der Waals surface area contributed by atoms with Crippen LogP contribution in [0.2, 0.25) is 0 Å². The first-order chi connectivity index (χ1) is 10.2. The molecule has 0 fully saturated rings. The maximum atomic E-state index is 12.0. The standard InChI is InChI=1S/C17H26N2O3/c1-10(2)8-14(17(18)21)19-15(20)9-22-16-12(4)7-6-11(3)13(16)5/h6-7,10,14H,8-9H2,1-5H3,(H2,18,21)(H,19,20)/t14-/m0/s1. The van der Waals surface area contributed by atoms with Crippen molar-refractivity contribution in [1.29, 1.82) is 0 Å². The van der Waals surface area contributed by atoms with Crippen LogP contribution in [0.15, 0.2) is 12.1 Å². The summed E-state index contributed by atoms with van der Waals surface area (Å²) in [6, 6.07) is 3.32. The molecule has 22 heavy (non-hydrogen) atoms. The predicted octanol–water partition coefficient (Wildman–Crippen LogP) is 2.01. The van der Waals surface area contributed by atoms with Crippen LogP contribution >= 0.6 is 0 Å². The minimum absolute atomic E-state index is 0.132. The molecular weight excluding hydrogens is 280 g/mol. The third-order valence-electron chi connectivity index (χ3n) is 3.61. The number of benzene rings is 1. The highest BCUT2D eigenvalue weighted by molar-refractivity contribution is 5.87. The Morgan fingerprint density at radius 2 is 1.77 bits per heavy atom. The van der Waals surface area contributed by atoms with Gasteiger partial charge in [-0.05, 0) is 49.8 Å². The fraction of sp³-hybridized carbons (Fsp3) is 0.529. The maximum absolute atomic E-state index is 12.0. The molecule has 0 aromatic heterocycles. The molecule has 1 aromatic carbocycles. The van der Waals surface area contributed by atoms with Crippen molar-refractivity contribution in [2.75, 3.05) is 6.61 Å². The minimum atomic E-state index is -0.657. The van der Waals surface area contributed by atoms with Crippen molar-refractivity contribution in [1.82, 2.24) is 5.32 Å². The molecule has 0 aliphatic heterocycles. The highest BCUT2D eigenvalue weighted by atomic mass is 16.5. The molecule has 0 saturated heterocycles. The fourth-order valence-corrected chi connectivity index (χ4v) is 2.24. The lowest BCUT2D eigenvalue weighted by molar-refractivity contribution is -0.128. The van der Waals surface area contributed by atoms with Crippen molar-refractivity contribution in [2.45, 2.75) is 47.1 Å². The maximum Gasteiger partial charge on any atom is 0.258 e. The van der Waals surface area contributed by atoms with Gasteiger partial charge in [0.2, 0.25) is 5.91 Å². The van der Waals surface area contributed by atoms with Crippen molar-refractivity contribution in [3.8, 4) is 5.75 Å². The number of rotatable bonds is 7. The van der Waals surface area contributed by atoms with Crippen LogP contribution in [-0.4, -0.2) is 24.5 Å². The monoisotopic (exact) mass is 306 g/mol. The summed E-state index contributed by atoms with van der Waals surface area (Å²) < 4.78 is 5.63. The van der Waals surface area contributed by atoms with E-state index >= 15 is 0 Å². The van der Waals surface area contributed by atoms with Crippen LogP contribution in [0.4, 0.5) is 0 Å². The van der Waals surface area contributed by atoms with Crippen molar-refractivity contribution in [2.24, 2.45) is 11.7 Å². The van der Waals surface area contributed by atoms with E-state index in [2.05, 4.69) is 5.32 Å². The second-order valence-corrected chi connectivity index (χ2v) is 6.09. The molecule has 0 heterocycles. The van der Waals surface area contributed by atoms with Gasteiger partial charge in [-0.3, -0.25) is 9.59 Å². The molecule has 122 valence electrons. The summed E-state index contributed by atoms with van der Waals surface area (Å²) in [4.78, 5) is 23.3. The topological polar surface area (TPSA) is 81.4 Å². The molecule has 0 radical (unpaired) electrons. The number of hydrogen-bond donors (Lipinski definition) is 2. The number of ether oxygens (including phenoxy) is 1. The molecule has 0 unspecified atom stereocenters. The molecule has 0 aliphatic rings. The first-order valence-electron chi connectivity index (χ1n) is 7.50. The smallest absolute Gasteiger partial charge is 0.258 e. The van der Waals surface area contributed by atoms with Crippen LogP contribution < -0.4 is 15.8 Å². The van der Waals surface area contributed by atoms with E-state index in [-0.39, 0.29) is 18.4 Å². The van der Waals surface area contributed by atoms with Crippen LogP contribution in [0.5, 0.6) is 5.75 Å². The second kappa shape index (κ2) is 7.82. The zero-order valence-electron chi connectivity index (χ0n) is 14.0. The van der Waals surface area contributed by atoms with Crippen LogP contribution in [0, 0.1) is 26.7 Å². The molecule has 1 aromatic rings. The third-order valence-corrected chi connectivity index (χ3v) is 3.61. The first kappa shape index (κ1) is 18.0. The normalized spacial score (nSPS) is 12.1. The summed E-state index contributed by atoms with van der Waals surface area (Å²) in [6.07, 6.45) is 0.517. The van der Waals surface area contributed by atoms with Crippen LogP contribution in [0.25, 0.3) is 0 Å². The highest BCUT2D eigenvalue weighted by Gasteiger charge is 2.19. The van der Waals surface area contributed by atoms with Gasteiger partial charge in [-0.15, -0.1) is 0 Å². The summed E-state index contributed by atoms with van der Waals surface area (Å²) in [5, 5.41) is 2.63. The van der Waals surface area contributed by atoms with Crippen LogP contribution in [0.1, 0.15) is 37.0 Å². The molecule has 0 spiro atoms. The zero-order chi connectivity index (χ0) is 16.9. The number of nitrogens with one attached hydrogen (secondary N) is 1. The Balaban J connectivity index is 2.66. The number of amides is 2. The summed E-state index contributed by atoms with van der Waals surface area (Å²) in [7, 11) is 0. The lowest BCUT2D eigenvalue weighted by Crippen LogP contribution is -2.46. The van der Waals surface area contributed by atoms with Crippen LogP contribution in [-0.2, 0) is 9.59 Å². The van der Waals surface area contributed by atoms with Gasteiger partial charge in [-0.25, -0.2) is 0 Å². The van der Waals surface area contributed by atoms with E-state index < -0.39 is 11.9 Å². The number of aryl methyl sites for hydroxylation is 2. The van der Waals surface area contributed by atoms with Crippen molar-refractivity contribution >= 4 is 11.8 Å². The number of carbonyl (C=O) groups excluding carboxylic acids is 2. The summed E-state index contributed by atoms with van der Waals surface area (Å²) in [5.41, 5.74) is 8.41. The van der Waals surface area contributed by atoms with Gasteiger partial charge in [-0.2, -0.15) is 0 Å². The molecule has 5 nitrogen and oxygen atoms in total. The minimum Gasteiger partial charge on any atom is -0.483 e. The van der Waals surface area contributed by atoms with Gasteiger partial charge in [0.05, 0.1) is 0 Å². The van der Waals surface area contributed by atoms with Gasteiger partial charge in [0, 0.05) is 0 Å². The number of carbonyl (C=O) groups is 2. The Hall–Kier alpha value is -2.04. The first-order valence-corrected chi connectivity index (χ1v) is 7.50. The average molecular weight is 306 g/mol. The van der Waals surface area contributed by atoms with Crippen molar-refractivity contribution in [3.05, 3.63) is 28.8 Å². The van der Waals surface area contributed by atoms with Crippen molar-refractivity contribution < 1.29 is 14.3 Å². The SMILES string of the molecule is Cc1ccc(C)c(OCC(=O)N[C@@H](CC(C)C)C(N)=O)c1C. The molecular formula is C17H26N2O3. The van der Waals surface area contributed by atoms with E-state index in [0.29, 0.717) is 6.42 Å². The van der Waals surface area contributed by atoms with E-state index in [4.69, 9.17) is 10.5 Å². The molecule has 3 N–H and O–H groups in total. The lowest BCUT2D eigenvalue weighted by atomic mass is 10.0. The lowest BCUT2D eigenvalue weighted by Gasteiger charge is -2.18. The summed E-state index contributed by atoms with van der Waals surface area (Å²) in [5.74, 6) is 0.115. The van der Waals surface area contributed by atoms with E-state index in [1.165, 1.54) is 0 Å². The molecule has 1 atom stereocenters. The van der Waals surface area contributed by atoms with E-state index in [0.717, 1.165) is 22.4 Å². The number of nitrogens with two attached hydrogens (primary N) is 1. The Labute approximate surface area is 132 Å². The van der Waals surface area contributed by atoms with E-state index in [1.807, 2.05) is 46.8 Å². The van der Waals surface area contributed by atoms with Gasteiger partial charge in [0.1, 0.15) is 11.8 Å². The average Bonchev–Trinajstić information content (AvgIpc) is 2.41. The highest BCUT2D eigenvalue weighted by Crippen LogP contribution is 2.25. The second-order valence-electron chi connectivity index (χ2n) is 6.09. The Kier molecular flexibility index (Phi) is 6.40. The van der Waals surface area contributed by atoms with Gasteiger partial charge < -0.3 is 15.8 Å². The third kappa shape index (κ3) is 5.06. The quantitative estimate of drug-likeness (QED) is 0.808. The molecule has 0 aliphatic carbocycles. The van der Waals surface area contributed by atoms with Gasteiger partial charge in [0.15, 0.2) is 6.61 Å². The Morgan fingerprint density at radius 3 is 2.32 bits per heavy atom. The summed E-state index contributed by atoms with van der Waals surface area (Å²) >= 11 is 0. The van der Waals surface area contributed by atoms with Crippen LogP contribution in [0.3, 0.4) is 0 Å². The molecule has 0 saturated carbocycles. The Morgan fingerprint density at radius 1 is 1.18 bits per heavy atom. The Bertz CT molecular complexity index is 553. The molecule has 5 heteroatoms. The molecule has 0 bridgehead atoms. The predicted molar refractivity (Wildman–Crippen MR) is 86.7 cm³/mol. The molecule has 2 amide bonds. The van der Waals surface area contributed by atoms with Crippen molar-refractivity contribution in [3.63, 3.8) is 0 Å². The largest absolute Gasteiger partial charge is 0.483 e. The molecule has 1 rings (SSSR count). The van der Waals surface area contributed by atoms with Gasteiger partial charge in [0.25, 0.3) is 5.91 Å². The summed E-state index contributed by atoms with van der Waals surface area (Å²) in [6.45, 7) is 9.70. The fourth-order valence-electron chi connectivity index (χ4n) is 2.24. The van der Waals surface area contributed by atoms with Gasteiger partial charge >= 0.3 is 0 Å².